The molecule has 0 aliphatic rings. The fourth-order valence-electron chi connectivity index (χ4n) is 18.2. The largest absolute Gasteiger partial charge is 0.456 e. The van der Waals surface area contributed by atoms with Crippen LogP contribution in [0, 0.1) is 41.5 Å². The zero-order valence-corrected chi connectivity index (χ0v) is 65.1. The lowest BCUT2D eigenvalue weighted by molar-refractivity contribution is 0.662. The third kappa shape index (κ3) is 11.4. The highest BCUT2D eigenvalue weighted by molar-refractivity contribution is 6.26. The number of hydrogen-bond donors (Lipinski definition) is 0. The Bertz CT molecular complexity index is 8210. The molecule has 0 bridgehead atoms. The summed E-state index contributed by atoms with van der Waals surface area (Å²) in [7, 11) is 0. The molecule has 0 amide bonds. The topological polar surface area (TPSA) is 117 Å². The van der Waals surface area contributed by atoms with Crippen LogP contribution in [0.3, 0.4) is 0 Å². The molecule has 0 fully saturated rings. The Labute approximate surface area is 672 Å². The zero-order chi connectivity index (χ0) is 78.3. The minimum Gasteiger partial charge on any atom is -0.456 e. The highest BCUT2D eigenvalue weighted by Crippen LogP contribution is 2.46. The van der Waals surface area contributed by atoms with E-state index in [4.69, 9.17) is 43.2 Å². The first-order chi connectivity index (χ1) is 57.5. The van der Waals surface area contributed by atoms with Crippen LogP contribution in [0.15, 0.2) is 341 Å². The lowest BCUT2D eigenvalue weighted by atomic mass is 9.94. The van der Waals surface area contributed by atoms with Crippen LogP contribution in [0.2, 0.25) is 0 Å². The van der Waals surface area contributed by atoms with Crippen molar-refractivity contribution in [2.24, 2.45) is 0 Å². The molecule has 24 aromatic rings. The summed E-state index contributed by atoms with van der Waals surface area (Å²) < 4.78 is 18.8. The van der Waals surface area contributed by atoms with Gasteiger partial charge >= 0.3 is 0 Å². The molecule has 0 aliphatic carbocycles. The van der Waals surface area contributed by atoms with E-state index in [2.05, 4.69) is 351 Å². The van der Waals surface area contributed by atoms with Crippen molar-refractivity contribution < 1.29 is 13.3 Å². The van der Waals surface area contributed by atoms with Crippen molar-refractivity contribution >= 4 is 164 Å². The van der Waals surface area contributed by atoms with E-state index < -0.39 is 0 Å². The van der Waals surface area contributed by atoms with Crippen molar-refractivity contribution in [3.63, 3.8) is 0 Å². The number of aryl methyl sites for hydroxylation is 6. The molecule has 117 heavy (non-hydrogen) atoms. The Kier molecular flexibility index (Phi) is 16.1. The number of furan rings is 3. The van der Waals surface area contributed by atoms with E-state index in [-0.39, 0.29) is 0 Å². The van der Waals surface area contributed by atoms with Gasteiger partial charge in [-0.05, 0) is 190 Å². The van der Waals surface area contributed by atoms with Crippen molar-refractivity contribution in [3.8, 4) is 67.2 Å². The Morgan fingerprint density at radius 3 is 0.906 bits per heavy atom. The highest BCUT2D eigenvalue weighted by Gasteiger charge is 2.23. The van der Waals surface area contributed by atoms with Crippen LogP contribution in [0.25, 0.3) is 231 Å². The average Bonchev–Trinajstić information content (AvgIpc) is 1.71. The Hall–Kier alpha value is -15.1. The van der Waals surface area contributed by atoms with E-state index in [0.29, 0.717) is 0 Å². The van der Waals surface area contributed by atoms with Crippen LogP contribution >= 0.6 is 0 Å². The normalized spacial score (nSPS) is 11.8. The second kappa shape index (κ2) is 27.4. The standard InChI is InChI=1S/C37H26N2O.C36H24N2O.C35H22N2O/c1-21-16-22(2)36-31(17-21)32-19-24(18-23(3)37(32)40-36)25-10-4-7-13-28(25)33-20-38-34-29-14-8-5-11-26(29)27-12-6-9-15-30(27)35(34)39-33;1-21-10-9-17-30-31-19-23(18-22(2)36(31)39-35(21)30)24-11-3-6-14-27(24)32-20-37-33-28-15-7-4-12-25(28)26-13-5-8-16-29(26)34(33)38-32;1-21-14-16-32-29(18-21)30-19-22(15-17-33(30)38-32)23-8-2-5-11-26(23)31-20-36-34-27-12-6-3-9-24(27)25-10-4-7-13-28(25)35(34)37-31/h4-20H,1-3H3;3-20H,1-2H3;2-20H,1H3. The molecule has 18 aromatic carbocycles. The fraction of sp³-hybridized carbons (Fsp3) is 0.0556. The van der Waals surface area contributed by atoms with Crippen LogP contribution in [0.5, 0.6) is 0 Å². The summed E-state index contributed by atoms with van der Waals surface area (Å²) in [6.07, 6.45) is 5.76. The Morgan fingerprint density at radius 2 is 0.487 bits per heavy atom. The van der Waals surface area contributed by atoms with E-state index in [0.717, 1.165) is 210 Å². The van der Waals surface area contributed by atoms with Crippen molar-refractivity contribution in [2.45, 2.75) is 41.5 Å². The summed E-state index contributed by atoms with van der Waals surface area (Å²) in [6.45, 7) is 12.7. The maximum atomic E-state index is 6.38. The number of benzene rings is 18. The lowest BCUT2D eigenvalue weighted by Crippen LogP contribution is -1.94. The smallest absolute Gasteiger partial charge is 0.138 e. The number of rotatable bonds is 6. The van der Waals surface area contributed by atoms with Gasteiger partial charge < -0.3 is 13.3 Å². The molecule has 0 unspecified atom stereocenters. The van der Waals surface area contributed by atoms with E-state index >= 15 is 0 Å². The third-order valence-corrected chi connectivity index (χ3v) is 23.6. The molecule has 6 heterocycles. The van der Waals surface area contributed by atoms with Gasteiger partial charge in [0.1, 0.15) is 33.5 Å². The van der Waals surface area contributed by atoms with E-state index in [9.17, 15) is 0 Å². The second-order valence-electron chi connectivity index (χ2n) is 31.0. The van der Waals surface area contributed by atoms with E-state index in [1.807, 2.05) is 18.6 Å². The predicted molar refractivity (Wildman–Crippen MR) is 487 cm³/mol. The molecular weight excluding hydrogens is 1430 g/mol. The van der Waals surface area contributed by atoms with Crippen LogP contribution in [0.4, 0.5) is 0 Å². The molecule has 0 saturated carbocycles. The van der Waals surface area contributed by atoms with Crippen LogP contribution in [-0.4, -0.2) is 29.9 Å². The fourth-order valence-corrected chi connectivity index (χ4v) is 18.2. The summed E-state index contributed by atoms with van der Waals surface area (Å²) in [4.78, 5) is 30.8. The number of aromatic nitrogens is 6. The van der Waals surface area contributed by atoms with Gasteiger partial charge in [0.05, 0.1) is 68.8 Å². The molecule has 552 valence electrons. The highest BCUT2D eigenvalue weighted by atomic mass is 16.3. The molecule has 9 heteroatoms. The summed E-state index contributed by atoms with van der Waals surface area (Å²) in [5.74, 6) is 0. The molecule has 9 nitrogen and oxygen atoms in total. The molecule has 0 saturated heterocycles. The molecule has 24 rings (SSSR count). The van der Waals surface area contributed by atoms with E-state index in [1.54, 1.807) is 0 Å². The predicted octanol–water partition coefficient (Wildman–Crippen LogP) is 29.4. The van der Waals surface area contributed by atoms with Gasteiger partial charge in [-0.25, -0.2) is 15.0 Å². The third-order valence-electron chi connectivity index (χ3n) is 23.6. The van der Waals surface area contributed by atoms with Gasteiger partial charge in [0, 0.05) is 81.3 Å². The number of para-hydroxylation sites is 1. The Balaban J connectivity index is 0.000000106. The maximum Gasteiger partial charge on any atom is 0.138 e. The minimum atomic E-state index is 0.863. The molecule has 0 N–H and O–H groups in total. The first kappa shape index (κ1) is 68.7. The summed E-state index contributed by atoms with van der Waals surface area (Å²) in [5, 5.41) is 20.8. The van der Waals surface area contributed by atoms with E-state index in [1.165, 1.54) is 54.4 Å². The minimum absolute atomic E-state index is 0.863. The van der Waals surface area contributed by atoms with Crippen molar-refractivity contribution in [2.75, 3.05) is 0 Å². The second-order valence-corrected chi connectivity index (χ2v) is 31.0. The average molecular weight is 1500 g/mol. The quantitative estimate of drug-likeness (QED) is 0.150. The first-order valence-corrected chi connectivity index (χ1v) is 39.8. The van der Waals surface area contributed by atoms with Gasteiger partial charge in [-0.2, -0.15) is 0 Å². The van der Waals surface area contributed by atoms with Gasteiger partial charge in [-0.3, -0.25) is 15.0 Å². The van der Waals surface area contributed by atoms with Gasteiger partial charge in [0.15, 0.2) is 0 Å². The van der Waals surface area contributed by atoms with Gasteiger partial charge in [0.2, 0.25) is 0 Å². The first-order valence-electron chi connectivity index (χ1n) is 39.8. The van der Waals surface area contributed by atoms with Crippen molar-refractivity contribution in [1.82, 2.24) is 29.9 Å². The SMILES string of the molecule is Cc1cc(C)c2oc3c(C)cc(-c4ccccc4-c4cnc5c6ccccc6c6ccccc6c5n4)cc3c2c1.Cc1ccc2oc3ccc(-c4ccccc4-c4cnc5c6ccccc6c6ccccc6c5n4)cc3c2c1.Cc1cccc2c1oc1c(C)cc(-c3ccccc3-c3cnc4c5ccccc5c5ccccc5c4n3)cc12. The molecular formula is C108H72N6O3. The number of hydrogen-bond acceptors (Lipinski definition) is 9. The number of fused-ring (bicyclic) bond motifs is 27. The summed E-state index contributed by atoms with van der Waals surface area (Å²) >= 11 is 0. The van der Waals surface area contributed by atoms with Gasteiger partial charge in [-0.15, -0.1) is 0 Å². The van der Waals surface area contributed by atoms with Crippen LogP contribution < -0.4 is 0 Å². The van der Waals surface area contributed by atoms with Crippen molar-refractivity contribution in [3.05, 3.63) is 361 Å². The monoisotopic (exact) mass is 1500 g/mol. The molecule has 0 aliphatic heterocycles. The zero-order valence-electron chi connectivity index (χ0n) is 65.1. The summed E-state index contributed by atoms with van der Waals surface area (Å²) in [5.41, 5.74) is 30.8. The van der Waals surface area contributed by atoms with Crippen LogP contribution in [-0.2, 0) is 0 Å². The molecule has 0 atom stereocenters. The van der Waals surface area contributed by atoms with Gasteiger partial charge in [-0.1, -0.05) is 260 Å². The summed E-state index contributed by atoms with van der Waals surface area (Å²) in [6, 6.07) is 109. The van der Waals surface area contributed by atoms with Gasteiger partial charge in [0.25, 0.3) is 0 Å². The molecule has 0 spiro atoms. The lowest BCUT2D eigenvalue weighted by Gasteiger charge is -2.13. The molecule has 6 aromatic heterocycles. The Morgan fingerprint density at radius 1 is 0.188 bits per heavy atom. The number of nitrogens with zero attached hydrogens (tertiary/aromatic N) is 6. The maximum absolute atomic E-state index is 6.38. The molecule has 0 radical (unpaired) electrons. The van der Waals surface area contributed by atoms with Crippen molar-refractivity contribution in [1.29, 1.82) is 0 Å². The van der Waals surface area contributed by atoms with Crippen LogP contribution in [0.1, 0.15) is 33.4 Å².